The van der Waals surface area contributed by atoms with Gasteiger partial charge in [-0.2, -0.15) is 0 Å². The van der Waals surface area contributed by atoms with E-state index in [0.717, 1.165) is 5.01 Å². The van der Waals surface area contributed by atoms with Gasteiger partial charge in [0.2, 0.25) is 0 Å². The molecule has 0 aliphatic heterocycles. The maximum atomic E-state index is 10.8. The maximum absolute atomic E-state index is 10.8. The van der Waals surface area contributed by atoms with Gasteiger partial charge < -0.3 is 14.9 Å². The predicted molar refractivity (Wildman–Crippen MR) is 60.4 cm³/mol. The van der Waals surface area contributed by atoms with E-state index in [-0.39, 0.29) is 26.4 Å². The molecule has 1 aromatic carbocycles. The Balaban J connectivity index is 2.83. The molecule has 0 heterocycles. The third-order valence-corrected chi connectivity index (χ3v) is 1.98. The van der Waals surface area contributed by atoms with Crippen LogP contribution in [0.15, 0.2) is 24.3 Å². The van der Waals surface area contributed by atoms with Crippen LogP contribution in [-0.2, 0) is 0 Å². The molecule has 0 saturated carbocycles. The molecule has 1 rings (SSSR count). The molecule has 17 heavy (non-hydrogen) atoms. The van der Waals surface area contributed by atoms with E-state index in [0.29, 0.717) is 11.4 Å². The lowest BCUT2D eigenvalue weighted by atomic mass is 10.3. The summed E-state index contributed by atoms with van der Waals surface area (Å²) < 4.78 is 5.14. The van der Waals surface area contributed by atoms with Crippen LogP contribution in [0.3, 0.4) is 0 Å². The fourth-order valence-electron chi connectivity index (χ4n) is 1.30. The van der Waals surface area contributed by atoms with Crippen molar-refractivity contribution < 1.29 is 20.0 Å². The monoisotopic (exact) mass is 242 g/mol. The van der Waals surface area contributed by atoms with Crippen LogP contribution in [0.1, 0.15) is 0 Å². The van der Waals surface area contributed by atoms with Crippen molar-refractivity contribution in [3.8, 4) is 5.75 Å². The van der Waals surface area contributed by atoms with Gasteiger partial charge in [0.25, 0.3) is 0 Å². The highest BCUT2D eigenvalue weighted by Gasteiger charge is 2.16. The number of hydrazine groups is 1. The Morgan fingerprint density at radius 1 is 1.35 bits per heavy atom. The molecule has 94 valence electrons. The third-order valence-electron chi connectivity index (χ3n) is 1.98. The molecule has 0 unspecified atom stereocenters. The highest BCUT2D eigenvalue weighted by Crippen LogP contribution is 2.20. The highest BCUT2D eigenvalue weighted by molar-refractivity contribution is 5.48. The van der Waals surface area contributed by atoms with Crippen LogP contribution in [-0.4, -0.2) is 41.6 Å². The van der Waals surface area contributed by atoms with Gasteiger partial charge in [-0.15, -0.1) is 0 Å². The molecule has 7 heteroatoms. The quantitative estimate of drug-likeness (QED) is 0.518. The summed E-state index contributed by atoms with van der Waals surface area (Å²) >= 11 is 0. The Hall–Kier alpha value is -1.86. The topological polar surface area (TPSA) is 96.1 Å². The van der Waals surface area contributed by atoms with Crippen LogP contribution >= 0.6 is 0 Å². The summed E-state index contributed by atoms with van der Waals surface area (Å²) in [5.41, 5.74) is 0.319. The van der Waals surface area contributed by atoms with Crippen molar-refractivity contribution in [2.45, 2.75) is 0 Å². The summed E-state index contributed by atoms with van der Waals surface area (Å²) in [5, 5.41) is 28.3. The Morgan fingerprint density at radius 3 is 2.71 bits per heavy atom. The van der Waals surface area contributed by atoms with E-state index in [1.807, 2.05) is 0 Å². The smallest absolute Gasteiger partial charge is 0.165 e. The summed E-state index contributed by atoms with van der Waals surface area (Å²) in [6.45, 7) is -0.416. The minimum absolute atomic E-state index is 0.101. The summed E-state index contributed by atoms with van der Waals surface area (Å²) in [6.07, 6.45) is 0. The van der Waals surface area contributed by atoms with Crippen molar-refractivity contribution >= 4 is 5.69 Å². The Labute approximate surface area is 98.0 Å². The summed E-state index contributed by atoms with van der Waals surface area (Å²) in [7, 11) is 0. The number of hydrogen-bond donors (Lipinski definition) is 2. The van der Waals surface area contributed by atoms with Crippen LogP contribution in [0.5, 0.6) is 5.75 Å². The second kappa shape index (κ2) is 6.66. The number of ether oxygens (including phenoxy) is 1. The van der Waals surface area contributed by atoms with Crippen molar-refractivity contribution in [3.63, 3.8) is 0 Å². The molecule has 0 saturated heterocycles. The molecule has 1 aromatic rings. The molecule has 2 N–H and O–H groups in total. The van der Waals surface area contributed by atoms with Gasteiger partial charge in [-0.1, -0.05) is 11.1 Å². The zero-order valence-corrected chi connectivity index (χ0v) is 9.15. The van der Waals surface area contributed by atoms with Gasteiger partial charge in [0.1, 0.15) is 24.6 Å². The normalized spacial score (nSPS) is 10.0. The number of anilines is 1. The molecule has 7 nitrogen and oxygen atoms in total. The van der Waals surface area contributed by atoms with Crippen LogP contribution in [0, 0.1) is 10.1 Å². The van der Waals surface area contributed by atoms with Crippen molar-refractivity contribution in [3.05, 3.63) is 34.4 Å². The Bertz CT molecular complexity index is 371. The number of rotatable bonds is 7. The Kier molecular flexibility index (Phi) is 5.18. The number of aliphatic hydroxyl groups is 2. The third kappa shape index (κ3) is 3.89. The summed E-state index contributed by atoms with van der Waals surface area (Å²) in [5.74, 6) is 0.432. The van der Waals surface area contributed by atoms with Gasteiger partial charge in [-0.3, -0.25) is 0 Å². The summed E-state index contributed by atoms with van der Waals surface area (Å²) in [4.78, 5) is 10.8. The number of benzene rings is 1. The SMILES string of the molecule is O=[N+]([O-])N(CCO)c1cccc(OCCO)c1. The molecule has 0 radical (unpaired) electrons. The van der Waals surface area contributed by atoms with E-state index in [9.17, 15) is 10.1 Å². The number of nitrogens with zero attached hydrogens (tertiary/aromatic N) is 2. The lowest BCUT2D eigenvalue weighted by Gasteiger charge is -2.13. The molecule has 0 atom stereocenters. The number of nitro groups is 1. The second-order valence-electron chi connectivity index (χ2n) is 3.15. The van der Waals surface area contributed by atoms with Crippen LogP contribution < -0.4 is 9.75 Å². The largest absolute Gasteiger partial charge is 0.491 e. The fraction of sp³-hybridized carbons (Fsp3) is 0.400. The van der Waals surface area contributed by atoms with Gasteiger partial charge in [-0.05, 0) is 12.1 Å². The fourth-order valence-corrected chi connectivity index (χ4v) is 1.30. The lowest BCUT2D eigenvalue weighted by Crippen LogP contribution is -2.32. The molecule has 0 spiro atoms. The first-order valence-corrected chi connectivity index (χ1v) is 5.05. The highest BCUT2D eigenvalue weighted by atomic mass is 16.7. The van der Waals surface area contributed by atoms with Crippen LogP contribution in [0.2, 0.25) is 0 Å². The molecule has 0 bridgehead atoms. The van der Waals surface area contributed by atoms with Gasteiger partial charge in [0.05, 0.1) is 13.2 Å². The molecule has 0 aliphatic rings. The van der Waals surface area contributed by atoms with Crippen LogP contribution in [0.25, 0.3) is 0 Å². The molecule has 0 aromatic heterocycles. The van der Waals surface area contributed by atoms with E-state index in [1.54, 1.807) is 18.2 Å². The minimum atomic E-state index is -0.596. The minimum Gasteiger partial charge on any atom is -0.491 e. The van der Waals surface area contributed by atoms with Gasteiger partial charge in [0.15, 0.2) is 5.03 Å². The number of hydrogen-bond acceptors (Lipinski definition) is 5. The first-order chi connectivity index (χ1) is 8.19. The molecule has 0 fully saturated rings. The van der Waals surface area contributed by atoms with Crippen molar-refractivity contribution in [1.29, 1.82) is 0 Å². The van der Waals surface area contributed by atoms with E-state index >= 15 is 0 Å². The first kappa shape index (κ1) is 13.2. The van der Waals surface area contributed by atoms with E-state index in [1.165, 1.54) is 6.07 Å². The molecular formula is C10H14N2O5. The van der Waals surface area contributed by atoms with Gasteiger partial charge in [-0.25, -0.2) is 10.1 Å². The standard InChI is InChI=1S/C10H14N2O5/c13-5-4-11(12(15)16)9-2-1-3-10(8-9)17-7-6-14/h1-3,8,13-14H,4-7H2. The van der Waals surface area contributed by atoms with E-state index in [2.05, 4.69) is 0 Å². The molecule has 0 amide bonds. The average Bonchev–Trinajstić information content (AvgIpc) is 2.33. The Morgan fingerprint density at radius 2 is 2.12 bits per heavy atom. The van der Waals surface area contributed by atoms with Crippen molar-refractivity contribution in [2.75, 3.05) is 31.4 Å². The molecule has 0 aliphatic carbocycles. The first-order valence-electron chi connectivity index (χ1n) is 5.05. The van der Waals surface area contributed by atoms with Crippen molar-refractivity contribution in [1.82, 2.24) is 0 Å². The molecular weight excluding hydrogens is 228 g/mol. The van der Waals surface area contributed by atoms with Crippen LogP contribution in [0.4, 0.5) is 5.69 Å². The lowest BCUT2D eigenvalue weighted by molar-refractivity contribution is -0.495. The van der Waals surface area contributed by atoms with E-state index < -0.39 is 5.03 Å². The van der Waals surface area contributed by atoms with Gasteiger partial charge in [0, 0.05) is 6.07 Å². The maximum Gasteiger partial charge on any atom is 0.165 e. The average molecular weight is 242 g/mol. The van der Waals surface area contributed by atoms with Gasteiger partial charge >= 0.3 is 0 Å². The second-order valence-corrected chi connectivity index (χ2v) is 3.15. The number of aliphatic hydroxyl groups excluding tert-OH is 2. The zero-order chi connectivity index (χ0) is 12.7. The van der Waals surface area contributed by atoms with Crippen molar-refractivity contribution in [2.24, 2.45) is 0 Å². The predicted octanol–water partition coefficient (Wildman–Crippen LogP) is 0.0481. The van der Waals surface area contributed by atoms with E-state index in [4.69, 9.17) is 14.9 Å². The zero-order valence-electron chi connectivity index (χ0n) is 9.15. The summed E-state index contributed by atoms with van der Waals surface area (Å²) in [6, 6.07) is 6.27.